The number of aromatic nitrogens is 2. The van der Waals surface area contributed by atoms with Gasteiger partial charge >= 0.3 is 0 Å². The first-order valence-electron chi connectivity index (χ1n) is 9.76. The Kier molecular flexibility index (Phi) is 4.13. The van der Waals surface area contributed by atoms with Crippen LogP contribution in [0.4, 0.5) is 0 Å². The van der Waals surface area contributed by atoms with Gasteiger partial charge in [0.15, 0.2) is 0 Å². The number of thiophene rings is 1. The van der Waals surface area contributed by atoms with Crippen LogP contribution in [-0.2, 0) is 6.42 Å². The lowest BCUT2D eigenvalue weighted by Crippen LogP contribution is -1.96. The number of fused-ring (bicyclic) bond motifs is 4. The van der Waals surface area contributed by atoms with E-state index in [2.05, 4.69) is 80.4 Å². The molecule has 0 unspecified atom stereocenters. The maximum absolute atomic E-state index is 4.72. The summed E-state index contributed by atoms with van der Waals surface area (Å²) in [6, 6.07) is 19.9. The fraction of sp³-hybridized carbons (Fsp3) is 0.200. The number of rotatable bonds is 3. The van der Waals surface area contributed by atoms with E-state index in [1.165, 1.54) is 36.9 Å². The van der Waals surface area contributed by atoms with E-state index in [0.29, 0.717) is 5.92 Å². The summed E-state index contributed by atoms with van der Waals surface area (Å²) in [6.07, 6.45) is 2.78. The van der Waals surface area contributed by atoms with Gasteiger partial charge in [0, 0.05) is 31.1 Å². The Hall–Kier alpha value is -2.78. The van der Waals surface area contributed by atoms with E-state index >= 15 is 0 Å². The summed E-state index contributed by atoms with van der Waals surface area (Å²) < 4.78 is 2.62. The highest BCUT2D eigenvalue weighted by molar-refractivity contribution is 7.26. The van der Waals surface area contributed by atoms with Gasteiger partial charge in [-0.3, -0.25) is 0 Å². The molecule has 0 saturated heterocycles. The minimum Gasteiger partial charge on any atom is -0.236 e. The minimum absolute atomic E-state index is 0.633. The standard InChI is InChI=1S/C25H22N2S/c1-15(2)10-17-8-9-19-22(13-17)26-14-27-24(19)21-12-16(3)11-20-18-6-4-5-7-23(18)28-25(20)21/h4-9,11-15H,10H2,1-3H3. The van der Waals surface area contributed by atoms with Crippen LogP contribution in [0.3, 0.4) is 0 Å². The molecule has 2 nitrogen and oxygen atoms in total. The fourth-order valence-electron chi connectivity index (χ4n) is 4.06. The Labute approximate surface area is 168 Å². The van der Waals surface area contributed by atoms with E-state index in [-0.39, 0.29) is 0 Å². The summed E-state index contributed by atoms with van der Waals surface area (Å²) in [6.45, 7) is 6.67. The Morgan fingerprint density at radius 2 is 1.75 bits per heavy atom. The maximum atomic E-state index is 4.72. The third kappa shape index (κ3) is 2.87. The summed E-state index contributed by atoms with van der Waals surface area (Å²) in [4.78, 5) is 9.30. The van der Waals surface area contributed by atoms with Crippen molar-refractivity contribution in [3.8, 4) is 11.3 Å². The van der Waals surface area contributed by atoms with Crippen molar-refractivity contribution in [3.05, 3.63) is 72.1 Å². The molecule has 28 heavy (non-hydrogen) atoms. The first-order chi connectivity index (χ1) is 13.6. The second-order valence-electron chi connectivity index (χ2n) is 7.96. The number of hydrogen-bond acceptors (Lipinski definition) is 3. The highest BCUT2D eigenvalue weighted by Crippen LogP contribution is 2.41. The molecule has 3 heteroatoms. The van der Waals surface area contributed by atoms with Crippen LogP contribution in [0.1, 0.15) is 25.0 Å². The SMILES string of the molecule is Cc1cc(-c2ncnc3cc(CC(C)C)ccc23)c2sc3ccccc3c2c1. The molecule has 0 aliphatic rings. The van der Waals surface area contributed by atoms with Crippen molar-refractivity contribution in [2.75, 3.05) is 0 Å². The van der Waals surface area contributed by atoms with Crippen molar-refractivity contribution < 1.29 is 0 Å². The van der Waals surface area contributed by atoms with Crippen LogP contribution in [-0.4, -0.2) is 9.97 Å². The molecule has 0 N–H and O–H groups in total. The summed E-state index contributed by atoms with van der Waals surface area (Å²) in [5, 5.41) is 3.77. The Morgan fingerprint density at radius 1 is 0.893 bits per heavy atom. The summed E-state index contributed by atoms with van der Waals surface area (Å²) in [7, 11) is 0. The van der Waals surface area contributed by atoms with Crippen molar-refractivity contribution >= 4 is 42.4 Å². The summed E-state index contributed by atoms with van der Waals surface area (Å²) >= 11 is 1.85. The van der Waals surface area contributed by atoms with Crippen LogP contribution in [0.5, 0.6) is 0 Å². The van der Waals surface area contributed by atoms with Crippen molar-refractivity contribution in [3.63, 3.8) is 0 Å². The zero-order valence-corrected chi connectivity index (χ0v) is 17.2. The van der Waals surface area contributed by atoms with E-state index in [9.17, 15) is 0 Å². The average Bonchev–Trinajstić information content (AvgIpc) is 3.05. The van der Waals surface area contributed by atoms with Gasteiger partial charge in [0.05, 0.1) is 11.2 Å². The van der Waals surface area contributed by atoms with Gasteiger partial charge < -0.3 is 0 Å². The average molecular weight is 383 g/mol. The minimum atomic E-state index is 0.633. The zero-order valence-electron chi connectivity index (χ0n) is 16.4. The first kappa shape index (κ1) is 17.3. The molecule has 0 spiro atoms. The Bertz CT molecular complexity index is 1330. The molecule has 0 saturated carbocycles. The monoisotopic (exact) mass is 382 g/mol. The molecular weight excluding hydrogens is 360 g/mol. The first-order valence-corrected chi connectivity index (χ1v) is 10.6. The molecule has 0 aliphatic heterocycles. The van der Waals surface area contributed by atoms with Gasteiger partial charge in [0.1, 0.15) is 6.33 Å². The third-order valence-corrected chi connectivity index (χ3v) is 6.44. The van der Waals surface area contributed by atoms with Gasteiger partial charge in [-0.15, -0.1) is 11.3 Å². The van der Waals surface area contributed by atoms with Crippen molar-refractivity contribution in [2.24, 2.45) is 5.92 Å². The molecule has 0 bridgehead atoms. The van der Waals surface area contributed by atoms with Crippen LogP contribution >= 0.6 is 11.3 Å². The van der Waals surface area contributed by atoms with Gasteiger partial charge in [0.25, 0.3) is 0 Å². The Balaban J connectivity index is 1.79. The molecule has 138 valence electrons. The number of aryl methyl sites for hydroxylation is 1. The molecular formula is C25H22N2S. The van der Waals surface area contributed by atoms with Crippen LogP contribution in [0, 0.1) is 12.8 Å². The smallest absolute Gasteiger partial charge is 0.116 e. The quantitative estimate of drug-likeness (QED) is 0.330. The number of hydrogen-bond donors (Lipinski definition) is 0. The van der Waals surface area contributed by atoms with E-state index < -0.39 is 0 Å². The van der Waals surface area contributed by atoms with E-state index in [4.69, 9.17) is 4.98 Å². The molecule has 5 aromatic rings. The van der Waals surface area contributed by atoms with Crippen LogP contribution in [0.15, 0.2) is 60.9 Å². The van der Waals surface area contributed by atoms with Crippen LogP contribution in [0.2, 0.25) is 0 Å². The van der Waals surface area contributed by atoms with Gasteiger partial charge in [-0.25, -0.2) is 9.97 Å². The van der Waals surface area contributed by atoms with Crippen molar-refractivity contribution in [2.45, 2.75) is 27.2 Å². The molecule has 0 radical (unpaired) electrons. The summed E-state index contributed by atoms with van der Waals surface area (Å²) in [5.74, 6) is 0.633. The molecule has 0 amide bonds. The molecule has 3 aromatic carbocycles. The molecule has 2 aromatic heterocycles. The van der Waals surface area contributed by atoms with Gasteiger partial charge in [-0.2, -0.15) is 0 Å². The van der Waals surface area contributed by atoms with Crippen molar-refractivity contribution in [1.82, 2.24) is 9.97 Å². The largest absolute Gasteiger partial charge is 0.236 e. The van der Waals surface area contributed by atoms with E-state index in [0.717, 1.165) is 23.0 Å². The predicted molar refractivity (Wildman–Crippen MR) is 121 cm³/mol. The van der Waals surface area contributed by atoms with Crippen LogP contribution < -0.4 is 0 Å². The lowest BCUT2D eigenvalue weighted by Gasteiger charge is -2.10. The number of benzene rings is 3. The Morgan fingerprint density at radius 3 is 2.61 bits per heavy atom. The lowest BCUT2D eigenvalue weighted by atomic mass is 9.98. The van der Waals surface area contributed by atoms with Gasteiger partial charge in [-0.1, -0.05) is 44.2 Å². The molecule has 5 rings (SSSR count). The lowest BCUT2D eigenvalue weighted by molar-refractivity contribution is 0.647. The van der Waals surface area contributed by atoms with Gasteiger partial charge in [-0.05, 0) is 54.7 Å². The molecule has 0 fully saturated rings. The zero-order chi connectivity index (χ0) is 19.3. The topological polar surface area (TPSA) is 25.8 Å². The van der Waals surface area contributed by atoms with Gasteiger partial charge in [0.2, 0.25) is 0 Å². The highest BCUT2D eigenvalue weighted by Gasteiger charge is 2.15. The van der Waals surface area contributed by atoms with E-state index in [1.807, 2.05) is 11.3 Å². The van der Waals surface area contributed by atoms with Crippen LogP contribution in [0.25, 0.3) is 42.3 Å². The second-order valence-corrected chi connectivity index (χ2v) is 9.01. The summed E-state index contributed by atoms with van der Waals surface area (Å²) in [5.41, 5.74) is 5.86. The highest BCUT2D eigenvalue weighted by atomic mass is 32.1. The second kappa shape index (κ2) is 6.68. The molecule has 0 atom stereocenters. The maximum Gasteiger partial charge on any atom is 0.116 e. The molecule has 0 aliphatic carbocycles. The van der Waals surface area contributed by atoms with E-state index in [1.54, 1.807) is 6.33 Å². The third-order valence-electron chi connectivity index (χ3n) is 5.22. The predicted octanol–water partition coefficient (Wildman–Crippen LogP) is 7.17. The normalized spacial score (nSPS) is 11.9. The fourth-order valence-corrected chi connectivity index (χ4v) is 5.26. The van der Waals surface area contributed by atoms with Crippen molar-refractivity contribution in [1.29, 1.82) is 0 Å². The molecule has 2 heterocycles. The number of nitrogens with zero attached hydrogens (tertiary/aromatic N) is 2.